The van der Waals surface area contributed by atoms with E-state index in [0.717, 1.165) is 12.8 Å². The SMILES string of the molecule is C[C@@H]1CN([C@@H](C)CO)C(=O)c2cc(NC(=O)c3ccncc3)ccc2O[C@@H](C)CCCCO[C@@H]1CN(C)S(=O)(=O)c1ccccc1. The van der Waals surface area contributed by atoms with Gasteiger partial charge in [-0.25, -0.2) is 8.42 Å². The molecule has 0 bridgehead atoms. The highest BCUT2D eigenvalue weighted by Crippen LogP contribution is 2.29. The molecule has 2 heterocycles. The smallest absolute Gasteiger partial charge is 0.258 e. The lowest BCUT2D eigenvalue weighted by atomic mass is 10.0. The number of hydrogen-bond acceptors (Lipinski definition) is 8. The van der Waals surface area contributed by atoms with Gasteiger partial charge in [-0.2, -0.15) is 4.31 Å². The van der Waals surface area contributed by atoms with E-state index in [2.05, 4.69) is 10.3 Å². The summed E-state index contributed by atoms with van der Waals surface area (Å²) in [7, 11) is -2.24. The Morgan fingerprint density at radius 1 is 1.11 bits per heavy atom. The molecule has 4 rings (SSSR count). The van der Waals surface area contributed by atoms with E-state index >= 15 is 0 Å². The van der Waals surface area contributed by atoms with Gasteiger partial charge in [-0.15, -0.1) is 0 Å². The number of aliphatic hydroxyl groups excluding tert-OH is 1. The summed E-state index contributed by atoms with van der Waals surface area (Å²) in [6, 6.07) is 15.8. The Bertz CT molecular complexity index is 1560. The minimum Gasteiger partial charge on any atom is -0.490 e. The van der Waals surface area contributed by atoms with E-state index in [1.807, 2.05) is 13.8 Å². The molecule has 3 aromatic rings. The van der Waals surface area contributed by atoms with E-state index in [1.165, 1.54) is 23.7 Å². The number of benzene rings is 2. The van der Waals surface area contributed by atoms with Crippen molar-refractivity contribution in [2.75, 3.05) is 38.7 Å². The second kappa shape index (κ2) is 16.1. The lowest BCUT2D eigenvalue weighted by Crippen LogP contribution is -2.48. The number of carbonyl (C=O) groups is 2. The van der Waals surface area contributed by atoms with Crippen molar-refractivity contribution >= 4 is 27.5 Å². The minimum atomic E-state index is -3.77. The van der Waals surface area contributed by atoms with Gasteiger partial charge in [0.1, 0.15) is 5.75 Å². The maximum atomic E-state index is 14.3. The average Bonchev–Trinajstić information content (AvgIpc) is 3.06. The third-order valence-corrected chi connectivity index (χ3v) is 9.98. The molecule has 1 aromatic heterocycles. The zero-order valence-electron chi connectivity index (χ0n) is 26.8. The van der Waals surface area contributed by atoms with E-state index in [0.29, 0.717) is 30.0 Å². The fraction of sp³-hybridized carbons (Fsp3) is 0.441. The molecular formula is C34H44N4O7S. The van der Waals surface area contributed by atoms with Crippen molar-refractivity contribution in [3.8, 4) is 5.75 Å². The van der Waals surface area contributed by atoms with E-state index < -0.39 is 28.1 Å². The number of anilines is 1. The van der Waals surface area contributed by atoms with Gasteiger partial charge < -0.3 is 24.8 Å². The number of aliphatic hydroxyl groups is 1. The van der Waals surface area contributed by atoms with Crippen molar-refractivity contribution in [3.63, 3.8) is 0 Å². The highest BCUT2D eigenvalue weighted by atomic mass is 32.2. The first kappa shape index (κ1) is 35.0. The maximum absolute atomic E-state index is 14.3. The molecule has 2 N–H and O–H groups in total. The summed E-state index contributed by atoms with van der Waals surface area (Å²) in [5.74, 6) is -0.682. The van der Waals surface area contributed by atoms with Gasteiger partial charge in [0.25, 0.3) is 11.8 Å². The fourth-order valence-corrected chi connectivity index (χ4v) is 6.50. The Hall–Kier alpha value is -3.84. The summed E-state index contributed by atoms with van der Waals surface area (Å²) < 4.78 is 40.5. The summed E-state index contributed by atoms with van der Waals surface area (Å²) >= 11 is 0. The molecule has 0 spiro atoms. The van der Waals surface area contributed by atoms with Crippen LogP contribution in [0.4, 0.5) is 5.69 Å². The number of carbonyl (C=O) groups excluding carboxylic acids is 2. The molecule has 0 saturated heterocycles. The quantitative estimate of drug-likeness (QED) is 0.364. The monoisotopic (exact) mass is 652 g/mol. The zero-order chi connectivity index (χ0) is 33.3. The Morgan fingerprint density at radius 3 is 2.52 bits per heavy atom. The minimum absolute atomic E-state index is 0.0786. The van der Waals surface area contributed by atoms with Crippen LogP contribution in [0.2, 0.25) is 0 Å². The average molecular weight is 653 g/mol. The van der Waals surface area contributed by atoms with Gasteiger partial charge in [-0.3, -0.25) is 14.6 Å². The lowest BCUT2D eigenvalue weighted by molar-refractivity contribution is -0.00834. The number of likely N-dealkylation sites (N-methyl/N-ethyl adjacent to an activating group) is 1. The van der Waals surface area contributed by atoms with Gasteiger partial charge in [-0.05, 0) is 75.6 Å². The molecule has 4 atom stereocenters. The molecular weight excluding hydrogens is 608 g/mol. The van der Waals surface area contributed by atoms with Crippen molar-refractivity contribution in [2.45, 2.75) is 63.2 Å². The Balaban J connectivity index is 1.65. The fourth-order valence-electron chi connectivity index (χ4n) is 5.29. The number of nitrogens with zero attached hydrogens (tertiary/aromatic N) is 3. The van der Waals surface area contributed by atoms with Crippen LogP contribution in [0.5, 0.6) is 5.75 Å². The van der Waals surface area contributed by atoms with Crippen LogP contribution in [0.25, 0.3) is 0 Å². The third-order valence-electron chi connectivity index (χ3n) is 8.14. The van der Waals surface area contributed by atoms with Crippen molar-refractivity contribution in [1.82, 2.24) is 14.2 Å². The van der Waals surface area contributed by atoms with Crippen LogP contribution in [0.15, 0.2) is 78.0 Å². The first-order valence-electron chi connectivity index (χ1n) is 15.6. The van der Waals surface area contributed by atoms with E-state index in [4.69, 9.17) is 9.47 Å². The van der Waals surface area contributed by atoms with Crippen LogP contribution >= 0.6 is 0 Å². The number of ether oxygens (including phenoxy) is 2. The van der Waals surface area contributed by atoms with Gasteiger partial charge in [0.05, 0.1) is 35.3 Å². The largest absolute Gasteiger partial charge is 0.490 e. The standard InChI is InChI=1S/C34H44N4O7S/c1-24-21-38(25(2)23-39)34(41)30-20-28(36-33(40)27-15-17-35-18-16-27)13-14-31(30)45-26(3)10-8-9-19-44-32(24)22-37(4)46(42,43)29-11-6-5-7-12-29/h5-7,11-18,20,24-26,32,39H,8-10,19,21-23H2,1-4H3,(H,36,40)/t24-,25+,26+,32-/m1/s1. The number of nitrogens with one attached hydrogen (secondary N) is 1. The van der Waals surface area contributed by atoms with Crippen molar-refractivity contribution < 1.29 is 32.6 Å². The lowest BCUT2D eigenvalue weighted by Gasteiger charge is -2.35. The van der Waals surface area contributed by atoms with Crippen LogP contribution in [0, 0.1) is 5.92 Å². The Labute approximate surface area is 271 Å². The highest BCUT2D eigenvalue weighted by molar-refractivity contribution is 7.89. The molecule has 0 aliphatic carbocycles. The predicted molar refractivity (Wildman–Crippen MR) is 175 cm³/mol. The number of hydrogen-bond donors (Lipinski definition) is 2. The Kier molecular flexibility index (Phi) is 12.3. The van der Waals surface area contributed by atoms with E-state index in [-0.39, 0.29) is 48.1 Å². The number of amides is 2. The molecule has 1 aliphatic rings. The molecule has 1 aliphatic heterocycles. The number of fused-ring (bicyclic) bond motifs is 1. The van der Waals surface area contributed by atoms with Crippen LogP contribution in [-0.2, 0) is 14.8 Å². The molecule has 0 fully saturated rings. The Morgan fingerprint density at radius 2 is 1.83 bits per heavy atom. The van der Waals surface area contributed by atoms with Gasteiger partial charge in [0.15, 0.2) is 0 Å². The molecule has 248 valence electrons. The summed E-state index contributed by atoms with van der Waals surface area (Å²) in [4.78, 5) is 32.9. The molecule has 2 aromatic carbocycles. The number of rotatable bonds is 8. The maximum Gasteiger partial charge on any atom is 0.258 e. The topological polar surface area (TPSA) is 138 Å². The van der Waals surface area contributed by atoms with E-state index in [9.17, 15) is 23.1 Å². The number of sulfonamides is 1. The molecule has 46 heavy (non-hydrogen) atoms. The summed E-state index contributed by atoms with van der Waals surface area (Å²) in [5, 5.41) is 13.0. The normalized spacial score (nSPS) is 20.7. The van der Waals surface area contributed by atoms with Crippen molar-refractivity contribution in [1.29, 1.82) is 0 Å². The van der Waals surface area contributed by atoms with Gasteiger partial charge >= 0.3 is 0 Å². The van der Waals surface area contributed by atoms with Gasteiger partial charge in [0, 0.05) is 56.3 Å². The second-order valence-electron chi connectivity index (χ2n) is 11.8. The molecule has 2 amide bonds. The second-order valence-corrected chi connectivity index (χ2v) is 13.8. The highest BCUT2D eigenvalue weighted by Gasteiger charge is 2.32. The zero-order valence-corrected chi connectivity index (χ0v) is 27.7. The van der Waals surface area contributed by atoms with Crippen LogP contribution in [0.3, 0.4) is 0 Å². The van der Waals surface area contributed by atoms with Crippen molar-refractivity contribution in [3.05, 3.63) is 84.2 Å². The van der Waals surface area contributed by atoms with E-state index in [1.54, 1.807) is 72.5 Å². The number of pyridine rings is 1. The molecule has 0 unspecified atom stereocenters. The van der Waals surface area contributed by atoms with Gasteiger partial charge in [0.2, 0.25) is 10.0 Å². The van der Waals surface area contributed by atoms with Crippen LogP contribution in [0.1, 0.15) is 60.7 Å². The first-order valence-corrected chi connectivity index (χ1v) is 17.0. The molecule has 12 heteroatoms. The van der Waals surface area contributed by atoms with Gasteiger partial charge in [-0.1, -0.05) is 25.1 Å². The first-order chi connectivity index (χ1) is 22.0. The molecule has 11 nitrogen and oxygen atoms in total. The van der Waals surface area contributed by atoms with Crippen molar-refractivity contribution in [2.24, 2.45) is 5.92 Å². The molecule has 0 radical (unpaired) electrons. The summed E-state index contributed by atoms with van der Waals surface area (Å²) in [6.45, 7) is 5.96. The summed E-state index contributed by atoms with van der Waals surface area (Å²) in [6.07, 6.45) is 4.55. The predicted octanol–water partition coefficient (Wildman–Crippen LogP) is 4.45. The summed E-state index contributed by atoms with van der Waals surface area (Å²) in [5.41, 5.74) is 1.07. The molecule has 0 saturated carbocycles. The van der Waals surface area contributed by atoms with Crippen LogP contribution in [-0.4, -0.2) is 91.1 Å². The number of aromatic nitrogens is 1. The van der Waals surface area contributed by atoms with Crippen LogP contribution < -0.4 is 10.1 Å². The third kappa shape index (κ3) is 8.91.